The molecular formula is C20H18N2O3. The molecule has 1 aromatic heterocycles. The molecule has 0 atom stereocenters. The Labute approximate surface area is 145 Å². The van der Waals surface area contributed by atoms with Crippen LogP contribution in [0.25, 0.3) is 10.9 Å². The Kier molecular flexibility index (Phi) is 3.84. The minimum Gasteiger partial charge on any atom is -0.284 e. The zero-order valence-corrected chi connectivity index (χ0v) is 13.8. The molecule has 0 saturated heterocycles. The third-order valence-electron chi connectivity index (χ3n) is 4.96. The summed E-state index contributed by atoms with van der Waals surface area (Å²) in [5.41, 5.74) is 3.72. The summed E-state index contributed by atoms with van der Waals surface area (Å²) in [6.45, 7) is 0. The van der Waals surface area contributed by atoms with Gasteiger partial charge in [-0.15, -0.1) is 0 Å². The van der Waals surface area contributed by atoms with Crippen LogP contribution in [0.3, 0.4) is 0 Å². The number of aromatic nitrogens is 1. The molecule has 5 heteroatoms. The van der Waals surface area contributed by atoms with Gasteiger partial charge in [-0.3, -0.25) is 19.5 Å². The van der Waals surface area contributed by atoms with Crippen molar-refractivity contribution in [1.82, 2.24) is 4.57 Å². The van der Waals surface area contributed by atoms with Crippen LogP contribution in [0, 0.1) is 10.1 Å². The molecule has 25 heavy (non-hydrogen) atoms. The quantitative estimate of drug-likeness (QED) is 0.529. The summed E-state index contributed by atoms with van der Waals surface area (Å²) < 4.78 is 1.79. The Morgan fingerprint density at radius 1 is 1.04 bits per heavy atom. The van der Waals surface area contributed by atoms with E-state index in [1.165, 1.54) is 11.6 Å². The predicted molar refractivity (Wildman–Crippen MR) is 96.0 cm³/mol. The van der Waals surface area contributed by atoms with Crippen LogP contribution in [0.5, 0.6) is 0 Å². The van der Waals surface area contributed by atoms with E-state index in [0.717, 1.165) is 42.3 Å². The molecule has 126 valence electrons. The van der Waals surface area contributed by atoms with Crippen molar-refractivity contribution in [2.24, 2.45) is 0 Å². The lowest BCUT2D eigenvalue weighted by Gasteiger charge is -2.15. The van der Waals surface area contributed by atoms with E-state index in [1.54, 1.807) is 22.8 Å². The number of para-hydroxylation sites is 2. The molecule has 0 saturated carbocycles. The maximum atomic E-state index is 13.1. The summed E-state index contributed by atoms with van der Waals surface area (Å²) in [7, 11) is 0. The molecule has 4 rings (SSSR count). The Bertz CT molecular complexity index is 988. The van der Waals surface area contributed by atoms with Crippen LogP contribution >= 0.6 is 0 Å². The van der Waals surface area contributed by atoms with Gasteiger partial charge in [-0.25, -0.2) is 0 Å². The lowest BCUT2D eigenvalue weighted by Crippen LogP contribution is -2.18. The summed E-state index contributed by atoms with van der Waals surface area (Å²) in [5, 5.41) is 12.4. The third kappa shape index (κ3) is 2.61. The number of nitro groups is 1. The Hall–Kier alpha value is -2.95. The van der Waals surface area contributed by atoms with Crippen LogP contribution in [-0.4, -0.2) is 15.4 Å². The molecule has 2 aromatic carbocycles. The van der Waals surface area contributed by atoms with Crippen molar-refractivity contribution in [3.8, 4) is 0 Å². The van der Waals surface area contributed by atoms with E-state index in [-0.39, 0.29) is 18.0 Å². The van der Waals surface area contributed by atoms with Gasteiger partial charge in [0.15, 0.2) is 0 Å². The first-order valence-electron chi connectivity index (χ1n) is 8.53. The smallest absolute Gasteiger partial charge is 0.273 e. The first kappa shape index (κ1) is 15.6. The Morgan fingerprint density at radius 3 is 2.60 bits per heavy atom. The second-order valence-corrected chi connectivity index (χ2v) is 6.44. The average molecular weight is 334 g/mol. The van der Waals surface area contributed by atoms with E-state index in [4.69, 9.17) is 0 Å². The van der Waals surface area contributed by atoms with E-state index < -0.39 is 4.92 Å². The molecule has 3 aromatic rings. The van der Waals surface area contributed by atoms with E-state index in [9.17, 15) is 14.9 Å². The number of hydrogen-bond acceptors (Lipinski definition) is 3. The fourth-order valence-electron chi connectivity index (χ4n) is 3.86. The van der Waals surface area contributed by atoms with Gasteiger partial charge >= 0.3 is 0 Å². The van der Waals surface area contributed by atoms with Crippen LogP contribution in [-0.2, 0) is 19.3 Å². The molecule has 0 N–H and O–H groups in total. The highest BCUT2D eigenvalue weighted by Gasteiger charge is 2.24. The number of benzene rings is 2. The molecule has 0 bridgehead atoms. The summed E-state index contributed by atoms with van der Waals surface area (Å²) in [6.07, 6.45) is 4.11. The van der Waals surface area contributed by atoms with Crippen molar-refractivity contribution in [2.45, 2.75) is 32.1 Å². The molecule has 0 unspecified atom stereocenters. The van der Waals surface area contributed by atoms with Crippen molar-refractivity contribution in [2.75, 3.05) is 0 Å². The van der Waals surface area contributed by atoms with Gasteiger partial charge in [-0.2, -0.15) is 0 Å². The molecule has 1 aliphatic rings. The van der Waals surface area contributed by atoms with E-state index in [1.807, 2.05) is 18.2 Å². The van der Waals surface area contributed by atoms with Gasteiger partial charge in [-0.1, -0.05) is 36.4 Å². The fraction of sp³-hybridized carbons (Fsp3) is 0.250. The SMILES string of the molecule is O=C(Cc1ccccc1[N+](=O)[O-])n1c2c(c3ccccc31)CCCC2. The molecular weight excluding hydrogens is 316 g/mol. The number of nitrogens with zero attached hydrogens (tertiary/aromatic N) is 2. The van der Waals surface area contributed by atoms with Gasteiger partial charge in [0.05, 0.1) is 16.9 Å². The Balaban J connectivity index is 1.80. The van der Waals surface area contributed by atoms with Crippen molar-refractivity contribution in [3.05, 3.63) is 75.5 Å². The number of hydrogen-bond donors (Lipinski definition) is 0. The second kappa shape index (κ2) is 6.16. The number of fused-ring (bicyclic) bond motifs is 3. The second-order valence-electron chi connectivity index (χ2n) is 6.44. The van der Waals surface area contributed by atoms with Crippen molar-refractivity contribution < 1.29 is 9.72 Å². The van der Waals surface area contributed by atoms with Gasteiger partial charge in [0.25, 0.3) is 5.69 Å². The van der Waals surface area contributed by atoms with Gasteiger partial charge < -0.3 is 0 Å². The van der Waals surface area contributed by atoms with E-state index in [2.05, 4.69) is 6.07 Å². The largest absolute Gasteiger partial charge is 0.284 e. The number of aryl methyl sites for hydroxylation is 1. The maximum Gasteiger partial charge on any atom is 0.273 e. The highest BCUT2D eigenvalue weighted by Crippen LogP contribution is 2.32. The van der Waals surface area contributed by atoms with Crippen LogP contribution in [0.1, 0.15) is 34.5 Å². The highest BCUT2D eigenvalue weighted by molar-refractivity contribution is 5.97. The first-order chi connectivity index (χ1) is 12.2. The lowest BCUT2D eigenvalue weighted by molar-refractivity contribution is -0.385. The third-order valence-corrected chi connectivity index (χ3v) is 4.96. The van der Waals surface area contributed by atoms with Crippen LogP contribution in [0.2, 0.25) is 0 Å². The van der Waals surface area contributed by atoms with E-state index in [0.29, 0.717) is 5.56 Å². The minimum atomic E-state index is -0.425. The van der Waals surface area contributed by atoms with Crippen molar-refractivity contribution in [1.29, 1.82) is 0 Å². The fourth-order valence-corrected chi connectivity index (χ4v) is 3.86. The normalized spacial score (nSPS) is 13.6. The summed E-state index contributed by atoms with van der Waals surface area (Å²) in [5.74, 6) is -0.103. The molecule has 0 amide bonds. The van der Waals surface area contributed by atoms with Crippen molar-refractivity contribution in [3.63, 3.8) is 0 Å². The van der Waals surface area contributed by atoms with Crippen LogP contribution in [0.15, 0.2) is 48.5 Å². The summed E-state index contributed by atoms with van der Waals surface area (Å²) >= 11 is 0. The van der Waals surface area contributed by atoms with Crippen LogP contribution < -0.4 is 0 Å². The van der Waals surface area contributed by atoms with Crippen molar-refractivity contribution >= 4 is 22.5 Å². The molecule has 1 heterocycles. The lowest BCUT2D eigenvalue weighted by atomic mass is 9.95. The minimum absolute atomic E-state index is 0.00109. The first-order valence-corrected chi connectivity index (χ1v) is 8.53. The molecule has 0 aliphatic heterocycles. The number of carbonyl (C=O) groups is 1. The molecule has 0 spiro atoms. The molecule has 0 fully saturated rings. The monoisotopic (exact) mass is 334 g/mol. The highest BCUT2D eigenvalue weighted by atomic mass is 16.6. The topological polar surface area (TPSA) is 65.1 Å². The molecule has 5 nitrogen and oxygen atoms in total. The van der Waals surface area contributed by atoms with Gasteiger partial charge in [-0.05, 0) is 37.3 Å². The van der Waals surface area contributed by atoms with Gasteiger partial charge in [0.2, 0.25) is 5.91 Å². The number of nitro benzene ring substituents is 1. The molecule has 1 aliphatic carbocycles. The Morgan fingerprint density at radius 2 is 1.76 bits per heavy atom. The number of carbonyl (C=O) groups excluding carboxylic acids is 1. The summed E-state index contributed by atoms with van der Waals surface area (Å²) in [4.78, 5) is 23.9. The van der Waals surface area contributed by atoms with Crippen LogP contribution in [0.4, 0.5) is 5.69 Å². The van der Waals surface area contributed by atoms with Gasteiger partial charge in [0.1, 0.15) is 0 Å². The standard InChI is InChI=1S/C20H18N2O3/c23-20(13-14-7-1-4-10-17(14)22(24)25)21-18-11-5-2-8-15(18)16-9-3-6-12-19(16)21/h1-2,4-5,7-8,10-11H,3,6,9,12-13H2. The zero-order chi connectivity index (χ0) is 17.4. The average Bonchev–Trinajstić information content (AvgIpc) is 2.96. The number of rotatable bonds is 3. The molecule has 0 radical (unpaired) electrons. The predicted octanol–water partition coefficient (Wildman–Crippen LogP) is 4.31. The maximum absolute atomic E-state index is 13.1. The van der Waals surface area contributed by atoms with Gasteiger partial charge in [0, 0.05) is 22.7 Å². The summed E-state index contributed by atoms with van der Waals surface area (Å²) in [6, 6.07) is 14.4. The zero-order valence-electron chi connectivity index (χ0n) is 13.8. The van der Waals surface area contributed by atoms with E-state index >= 15 is 0 Å².